The molecule has 2 saturated heterocycles. The number of ether oxygens (including phenoxy) is 1. The van der Waals surface area contributed by atoms with Gasteiger partial charge in [-0.05, 0) is 44.6 Å². The lowest BCUT2D eigenvalue weighted by Crippen LogP contribution is -2.68. The van der Waals surface area contributed by atoms with Gasteiger partial charge in [0.05, 0.1) is 0 Å². The summed E-state index contributed by atoms with van der Waals surface area (Å²) in [6.45, 7) is 4.53. The smallest absolute Gasteiger partial charge is 0.274 e. The zero-order valence-corrected chi connectivity index (χ0v) is 11.9. The number of H-pyrrole nitrogens is 1. The maximum atomic E-state index is 12.6. The van der Waals surface area contributed by atoms with Gasteiger partial charge in [0.15, 0.2) is 0 Å². The minimum Gasteiger partial charge on any atom is -0.381 e. The lowest BCUT2D eigenvalue weighted by Gasteiger charge is -2.59. The number of aromatic amines is 1. The third-order valence-electron chi connectivity index (χ3n) is 5.19. The second-order valence-corrected chi connectivity index (χ2v) is 6.63. The molecule has 1 aromatic rings. The SMILES string of the molecule is Cc1cc(C(=O)N2CC3(CCOCC3)C2C2CC2)n[nH]1. The average Bonchev–Trinajstić information content (AvgIpc) is 3.16. The lowest BCUT2D eigenvalue weighted by atomic mass is 9.64. The van der Waals surface area contributed by atoms with Gasteiger partial charge in [-0.25, -0.2) is 0 Å². The Morgan fingerprint density at radius 3 is 2.80 bits per heavy atom. The van der Waals surface area contributed by atoms with Crippen LogP contribution in [0.5, 0.6) is 0 Å². The van der Waals surface area contributed by atoms with Crippen LogP contribution in [0.25, 0.3) is 0 Å². The van der Waals surface area contributed by atoms with E-state index in [1.807, 2.05) is 13.0 Å². The molecule has 5 nitrogen and oxygen atoms in total. The molecule has 1 aromatic heterocycles. The molecule has 1 saturated carbocycles. The monoisotopic (exact) mass is 275 g/mol. The fraction of sp³-hybridized carbons (Fsp3) is 0.733. The van der Waals surface area contributed by atoms with Crippen LogP contribution in [0.1, 0.15) is 41.9 Å². The lowest BCUT2D eigenvalue weighted by molar-refractivity contribution is -0.120. The second kappa shape index (κ2) is 4.32. The number of aromatic nitrogens is 2. The van der Waals surface area contributed by atoms with Gasteiger partial charge in [-0.1, -0.05) is 0 Å². The van der Waals surface area contributed by atoms with Crippen LogP contribution in [0.4, 0.5) is 0 Å². The zero-order valence-electron chi connectivity index (χ0n) is 11.9. The molecule has 0 radical (unpaired) electrons. The number of aryl methyl sites for hydroxylation is 1. The van der Waals surface area contributed by atoms with Crippen molar-refractivity contribution in [3.05, 3.63) is 17.5 Å². The standard InChI is InChI=1S/C15H21N3O2/c1-10-8-12(17-16-10)14(19)18-9-15(4-6-20-7-5-15)13(18)11-2-3-11/h8,11,13H,2-7,9H2,1H3,(H,16,17). The summed E-state index contributed by atoms with van der Waals surface area (Å²) < 4.78 is 5.51. The van der Waals surface area contributed by atoms with E-state index in [0.29, 0.717) is 23.1 Å². The highest BCUT2D eigenvalue weighted by atomic mass is 16.5. The molecule has 3 aliphatic rings. The van der Waals surface area contributed by atoms with Crippen LogP contribution in [0, 0.1) is 18.3 Å². The first-order valence-corrected chi connectivity index (χ1v) is 7.60. The minimum atomic E-state index is 0.100. The summed E-state index contributed by atoms with van der Waals surface area (Å²) in [6, 6.07) is 2.28. The number of nitrogens with one attached hydrogen (secondary N) is 1. The number of nitrogens with zero attached hydrogens (tertiary/aromatic N) is 2. The Labute approximate surface area is 118 Å². The van der Waals surface area contributed by atoms with Gasteiger partial charge < -0.3 is 9.64 Å². The van der Waals surface area contributed by atoms with Crippen LogP contribution in [0.3, 0.4) is 0 Å². The van der Waals surface area contributed by atoms with Gasteiger partial charge in [-0.3, -0.25) is 9.89 Å². The topological polar surface area (TPSA) is 58.2 Å². The highest BCUT2D eigenvalue weighted by Crippen LogP contribution is 2.55. The van der Waals surface area contributed by atoms with E-state index in [-0.39, 0.29) is 5.91 Å². The van der Waals surface area contributed by atoms with E-state index in [1.165, 1.54) is 12.8 Å². The van der Waals surface area contributed by atoms with Crippen LogP contribution >= 0.6 is 0 Å². The van der Waals surface area contributed by atoms with Crippen molar-refractivity contribution >= 4 is 5.91 Å². The summed E-state index contributed by atoms with van der Waals surface area (Å²) in [6.07, 6.45) is 4.77. The predicted molar refractivity (Wildman–Crippen MR) is 73.4 cm³/mol. The van der Waals surface area contributed by atoms with E-state index >= 15 is 0 Å². The number of likely N-dealkylation sites (tertiary alicyclic amines) is 1. The van der Waals surface area contributed by atoms with E-state index in [9.17, 15) is 4.79 Å². The number of carbonyl (C=O) groups is 1. The summed E-state index contributed by atoms with van der Waals surface area (Å²) in [7, 11) is 0. The van der Waals surface area contributed by atoms with Crippen LogP contribution in [0.15, 0.2) is 6.07 Å². The van der Waals surface area contributed by atoms with Crippen LogP contribution in [0.2, 0.25) is 0 Å². The molecule has 3 fully saturated rings. The summed E-state index contributed by atoms with van der Waals surface area (Å²) in [5.41, 5.74) is 1.84. The maximum Gasteiger partial charge on any atom is 0.274 e. The predicted octanol–water partition coefficient (Wildman–Crippen LogP) is 1.75. The molecule has 4 rings (SSSR count). The molecule has 1 N–H and O–H groups in total. The van der Waals surface area contributed by atoms with Gasteiger partial charge in [0.1, 0.15) is 5.69 Å². The van der Waals surface area contributed by atoms with Crippen molar-refractivity contribution in [2.45, 2.75) is 38.6 Å². The zero-order chi connectivity index (χ0) is 13.7. The van der Waals surface area contributed by atoms with Crippen molar-refractivity contribution in [2.75, 3.05) is 19.8 Å². The molecule has 2 aliphatic heterocycles. The largest absolute Gasteiger partial charge is 0.381 e. The van der Waals surface area contributed by atoms with Crippen molar-refractivity contribution < 1.29 is 9.53 Å². The first-order valence-electron chi connectivity index (χ1n) is 7.60. The normalized spacial score (nSPS) is 28.4. The van der Waals surface area contributed by atoms with Crippen molar-refractivity contribution in [3.8, 4) is 0 Å². The van der Waals surface area contributed by atoms with E-state index in [4.69, 9.17) is 4.74 Å². The fourth-order valence-electron chi connectivity index (χ4n) is 4.02. The van der Waals surface area contributed by atoms with Gasteiger partial charge in [0.25, 0.3) is 5.91 Å². The number of hydrogen-bond acceptors (Lipinski definition) is 3. The number of rotatable bonds is 2. The van der Waals surface area contributed by atoms with E-state index < -0.39 is 0 Å². The molecule has 1 atom stereocenters. The maximum absolute atomic E-state index is 12.6. The molecular formula is C15H21N3O2. The summed E-state index contributed by atoms with van der Waals surface area (Å²) >= 11 is 0. The molecule has 3 heterocycles. The summed E-state index contributed by atoms with van der Waals surface area (Å²) in [4.78, 5) is 14.7. The van der Waals surface area contributed by atoms with Crippen molar-refractivity contribution in [1.82, 2.24) is 15.1 Å². The third-order valence-corrected chi connectivity index (χ3v) is 5.19. The van der Waals surface area contributed by atoms with Gasteiger partial charge >= 0.3 is 0 Å². The summed E-state index contributed by atoms with van der Waals surface area (Å²) in [5, 5.41) is 6.99. The van der Waals surface area contributed by atoms with Crippen LogP contribution in [-0.4, -0.2) is 46.8 Å². The Morgan fingerprint density at radius 1 is 1.45 bits per heavy atom. The molecular weight excluding hydrogens is 254 g/mol. The molecule has 1 amide bonds. The Morgan fingerprint density at radius 2 is 2.20 bits per heavy atom. The Balaban J connectivity index is 1.56. The Bertz CT molecular complexity index is 529. The fourth-order valence-corrected chi connectivity index (χ4v) is 4.02. The van der Waals surface area contributed by atoms with Gasteiger partial charge in [-0.2, -0.15) is 5.10 Å². The van der Waals surface area contributed by atoms with E-state index in [0.717, 1.165) is 38.3 Å². The first-order chi connectivity index (χ1) is 9.70. The van der Waals surface area contributed by atoms with Crippen molar-refractivity contribution in [1.29, 1.82) is 0 Å². The molecule has 0 bridgehead atoms. The van der Waals surface area contributed by atoms with Crippen LogP contribution in [-0.2, 0) is 4.74 Å². The molecule has 1 spiro atoms. The van der Waals surface area contributed by atoms with Gasteiger partial charge in [0, 0.05) is 36.9 Å². The second-order valence-electron chi connectivity index (χ2n) is 6.63. The van der Waals surface area contributed by atoms with E-state index in [1.54, 1.807) is 0 Å². The summed E-state index contributed by atoms with van der Waals surface area (Å²) in [5.74, 6) is 0.814. The van der Waals surface area contributed by atoms with E-state index in [2.05, 4.69) is 15.1 Å². The highest BCUT2D eigenvalue weighted by molar-refractivity contribution is 5.93. The molecule has 1 unspecified atom stereocenters. The number of amides is 1. The molecule has 108 valence electrons. The highest BCUT2D eigenvalue weighted by Gasteiger charge is 2.59. The number of hydrogen-bond donors (Lipinski definition) is 1. The van der Waals surface area contributed by atoms with Gasteiger partial charge in [-0.15, -0.1) is 0 Å². The quantitative estimate of drug-likeness (QED) is 0.894. The third kappa shape index (κ3) is 1.79. The Hall–Kier alpha value is -1.36. The van der Waals surface area contributed by atoms with Crippen LogP contribution < -0.4 is 0 Å². The van der Waals surface area contributed by atoms with Crippen molar-refractivity contribution in [3.63, 3.8) is 0 Å². The Kier molecular flexibility index (Phi) is 2.67. The number of carbonyl (C=O) groups excluding carboxylic acids is 1. The first kappa shape index (κ1) is 12.4. The molecule has 5 heteroatoms. The van der Waals surface area contributed by atoms with Crippen molar-refractivity contribution in [2.24, 2.45) is 11.3 Å². The molecule has 1 aliphatic carbocycles. The molecule has 0 aromatic carbocycles. The minimum absolute atomic E-state index is 0.100. The van der Waals surface area contributed by atoms with Gasteiger partial charge in [0.2, 0.25) is 0 Å². The average molecular weight is 275 g/mol. The molecule has 20 heavy (non-hydrogen) atoms.